The molecule has 0 unspecified atom stereocenters. The number of carbonyl (C=O) groups excluding carboxylic acids is 1. The van der Waals surface area contributed by atoms with E-state index in [2.05, 4.69) is 11.0 Å². The maximum Gasteiger partial charge on any atom is 0.139 e. The molecule has 76 valence electrons. The summed E-state index contributed by atoms with van der Waals surface area (Å²) < 4.78 is 0. The van der Waals surface area contributed by atoms with Gasteiger partial charge in [0.25, 0.3) is 0 Å². The summed E-state index contributed by atoms with van der Waals surface area (Å²) in [6, 6.07) is 0. The van der Waals surface area contributed by atoms with Gasteiger partial charge in [0, 0.05) is 12.0 Å². The summed E-state index contributed by atoms with van der Waals surface area (Å²) in [4.78, 5) is 13.4. The molecule has 0 rings (SSSR count). The molecule has 0 N–H and O–H groups in total. The lowest BCUT2D eigenvalue weighted by molar-refractivity contribution is -0.123. The molecule has 0 saturated carbocycles. The summed E-state index contributed by atoms with van der Waals surface area (Å²) in [5.41, 5.74) is 0.837. The third kappa shape index (κ3) is 3.73. The molecule has 0 saturated heterocycles. The summed E-state index contributed by atoms with van der Waals surface area (Å²) in [5.74, 6) is 0.222. The number of ketones is 1. The minimum Gasteiger partial charge on any atom is -0.306 e. The molecule has 0 aromatic heterocycles. The van der Waals surface area contributed by atoms with Gasteiger partial charge in [-0.05, 0) is 41.8 Å². The van der Waals surface area contributed by atoms with E-state index in [1.165, 1.54) is 0 Å². The van der Waals surface area contributed by atoms with Gasteiger partial charge in [-0.3, -0.25) is 4.79 Å². The van der Waals surface area contributed by atoms with Crippen molar-refractivity contribution in [2.24, 2.45) is 5.41 Å². The Morgan fingerprint density at radius 1 is 1.31 bits per heavy atom. The lowest BCUT2D eigenvalue weighted by Crippen LogP contribution is -2.23. The fourth-order valence-electron chi connectivity index (χ4n) is 0.852. The van der Waals surface area contributed by atoms with Crippen LogP contribution in [-0.2, 0) is 4.79 Å². The minimum atomic E-state index is -0.310. The van der Waals surface area contributed by atoms with Crippen molar-refractivity contribution in [2.75, 3.05) is 20.6 Å². The summed E-state index contributed by atoms with van der Waals surface area (Å²) in [5, 5.41) is 0. The highest BCUT2D eigenvalue weighted by Crippen LogP contribution is 2.26. The standard InChI is InChI=1S/C11H21NO/c1-9(7-8-12(5)6)11(3,4)10(2)13/h7H,8H2,1-6H3/b9-7+. The first kappa shape index (κ1) is 12.4. The third-order valence-corrected chi connectivity index (χ3v) is 2.63. The summed E-state index contributed by atoms with van der Waals surface area (Å²) in [6.07, 6.45) is 2.11. The fourth-order valence-corrected chi connectivity index (χ4v) is 0.852. The van der Waals surface area contributed by atoms with Gasteiger partial charge in [0.15, 0.2) is 0 Å². The van der Waals surface area contributed by atoms with Gasteiger partial charge >= 0.3 is 0 Å². The van der Waals surface area contributed by atoms with Gasteiger partial charge in [0.2, 0.25) is 0 Å². The first-order valence-corrected chi connectivity index (χ1v) is 4.61. The average Bonchev–Trinajstić information content (AvgIpc) is 1.99. The number of hydrogen-bond acceptors (Lipinski definition) is 2. The topological polar surface area (TPSA) is 20.3 Å². The molecule has 0 atom stereocenters. The second kappa shape index (κ2) is 4.56. The summed E-state index contributed by atoms with van der Waals surface area (Å²) in [7, 11) is 4.04. The number of Topliss-reactive ketones (excluding diaryl/α,β-unsaturated/α-hetero) is 1. The van der Waals surface area contributed by atoms with E-state index in [9.17, 15) is 4.79 Å². The zero-order chi connectivity index (χ0) is 10.6. The normalized spacial score (nSPS) is 13.6. The minimum absolute atomic E-state index is 0.222. The molecule has 0 bridgehead atoms. The van der Waals surface area contributed by atoms with Crippen LogP contribution in [0.2, 0.25) is 0 Å². The highest BCUT2D eigenvalue weighted by atomic mass is 16.1. The molecule has 2 heteroatoms. The smallest absolute Gasteiger partial charge is 0.139 e. The molecule has 0 aromatic carbocycles. The Morgan fingerprint density at radius 2 is 1.77 bits per heavy atom. The van der Waals surface area contributed by atoms with E-state index in [-0.39, 0.29) is 11.2 Å². The van der Waals surface area contributed by atoms with E-state index < -0.39 is 0 Å². The SMILES string of the molecule is CC(=O)C(C)(C)/C(C)=C/CN(C)C. The van der Waals surface area contributed by atoms with Gasteiger partial charge in [0.1, 0.15) is 5.78 Å². The predicted octanol–water partition coefficient (Wildman–Crippen LogP) is 2.11. The van der Waals surface area contributed by atoms with E-state index in [1.54, 1.807) is 6.92 Å². The van der Waals surface area contributed by atoms with Gasteiger partial charge in [-0.2, -0.15) is 0 Å². The van der Waals surface area contributed by atoms with E-state index in [0.29, 0.717) is 0 Å². The Bertz CT molecular complexity index is 214. The quantitative estimate of drug-likeness (QED) is 0.622. The second-order valence-electron chi connectivity index (χ2n) is 4.33. The highest BCUT2D eigenvalue weighted by Gasteiger charge is 2.24. The van der Waals surface area contributed by atoms with E-state index in [0.717, 1.165) is 12.1 Å². The number of nitrogens with zero attached hydrogens (tertiary/aromatic N) is 1. The second-order valence-corrected chi connectivity index (χ2v) is 4.33. The molecule has 0 radical (unpaired) electrons. The zero-order valence-corrected chi connectivity index (χ0v) is 9.64. The van der Waals surface area contributed by atoms with Crippen molar-refractivity contribution in [2.45, 2.75) is 27.7 Å². The molecule has 0 aromatic rings. The number of likely N-dealkylation sites (N-methyl/N-ethyl adjacent to an activating group) is 1. The number of rotatable bonds is 4. The molecule has 0 fully saturated rings. The van der Waals surface area contributed by atoms with Crippen molar-refractivity contribution < 1.29 is 4.79 Å². The molecule has 0 spiro atoms. The Balaban J connectivity index is 4.48. The van der Waals surface area contributed by atoms with Crippen LogP contribution in [0, 0.1) is 5.41 Å². The van der Waals surface area contributed by atoms with Crippen LogP contribution < -0.4 is 0 Å². The van der Waals surface area contributed by atoms with Gasteiger partial charge in [-0.15, -0.1) is 0 Å². The summed E-state index contributed by atoms with van der Waals surface area (Å²) in [6.45, 7) is 8.49. The molecular formula is C11H21NO. The Labute approximate surface area is 81.6 Å². The van der Waals surface area contributed by atoms with Crippen LogP contribution in [0.3, 0.4) is 0 Å². The van der Waals surface area contributed by atoms with Crippen LogP contribution in [-0.4, -0.2) is 31.3 Å². The van der Waals surface area contributed by atoms with Crippen LogP contribution >= 0.6 is 0 Å². The highest BCUT2D eigenvalue weighted by molar-refractivity contribution is 5.84. The van der Waals surface area contributed by atoms with Crippen LogP contribution in [0.15, 0.2) is 11.6 Å². The number of allylic oxidation sites excluding steroid dienone is 1. The Kier molecular flexibility index (Phi) is 4.34. The van der Waals surface area contributed by atoms with Gasteiger partial charge in [-0.1, -0.05) is 11.6 Å². The molecule has 13 heavy (non-hydrogen) atoms. The van der Waals surface area contributed by atoms with Crippen molar-refractivity contribution >= 4 is 5.78 Å². The number of carbonyl (C=O) groups is 1. The van der Waals surface area contributed by atoms with Crippen LogP contribution in [0.25, 0.3) is 0 Å². The van der Waals surface area contributed by atoms with Gasteiger partial charge in [-0.25, -0.2) is 0 Å². The van der Waals surface area contributed by atoms with Crippen molar-refractivity contribution in [1.82, 2.24) is 4.90 Å². The van der Waals surface area contributed by atoms with Crippen molar-refractivity contribution in [3.63, 3.8) is 0 Å². The number of hydrogen-bond donors (Lipinski definition) is 0. The van der Waals surface area contributed by atoms with E-state index in [4.69, 9.17) is 0 Å². The molecular weight excluding hydrogens is 162 g/mol. The van der Waals surface area contributed by atoms with Crippen molar-refractivity contribution in [3.05, 3.63) is 11.6 Å². The lowest BCUT2D eigenvalue weighted by Gasteiger charge is -2.22. The van der Waals surface area contributed by atoms with Crippen molar-refractivity contribution in [1.29, 1.82) is 0 Å². The maximum atomic E-state index is 11.3. The lowest BCUT2D eigenvalue weighted by atomic mass is 9.81. The van der Waals surface area contributed by atoms with Gasteiger partial charge < -0.3 is 4.90 Å². The largest absolute Gasteiger partial charge is 0.306 e. The van der Waals surface area contributed by atoms with Crippen molar-refractivity contribution in [3.8, 4) is 0 Å². The maximum absolute atomic E-state index is 11.3. The average molecular weight is 183 g/mol. The third-order valence-electron chi connectivity index (χ3n) is 2.63. The Hall–Kier alpha value is -0.630. The van der Waals surface area contributed by atoms with Crippen LogP contribution in [0.5, 0.6) is 0 Å². The van der Waals surface area contributed by atoms with E-state index in [1.807, 2.05) is 34.9 Å². The first-order valence-electron chi connectivity index (χ1n) is 4.61. The Morgan fingerprint density at radius 3 is 2.08 bits per heavy atom. The van der Waals surface area contributed by atoms with E-state index >= 15 is 0 Å². The van der Waals surface area contributed by atoms with Gasteiger partial charge in [0.05, 0.1) is 0 Å². The molecule has 0 aliphatic rings. The molecule has 0 aliphatic carbocycles. The molecule has 0 heterocycles. The predicted molar refractivity (Wildman–Crippen MR) is 56.8 cm³/mol. The monoisotopic (exact) mass is 183 g/mol. The molecule has 0 amide bonds. The fraction of sp³-hybridized carbons (Fsp3) is 0.727. The van der Waals surface area contributed by atoms with Crippen LogP contribution in [0.1, 0.15) is 27.7 Å². The summed E-state index contributed by atoms with van der Waals surface area (Å²) >= 11 is 0. The first-order chi connectivity index (χ1) is 5.78. The molecule has 2 nitrogen and oxygen atoms in total. The van der Waals surface area contributed by atoms with Crippen LogP contribution in [0.4, 0.5) is 0 Å². The molecule has 0 aliphatic heterocycles. The zero-order valence-electron chi connectivity index (χ0n) is 9.64.